The molecule has 1 aliphatic rings. The molecule has 0 atom stereocenters. The summed E-state index contributed by atoms with van der Waals surface area (Å²) in [5.74, 6) is 0.277. The Bertz CT molecular complexity index is 711. The van der Waals surface area contributed by atoms with Crippen LogP contribution in [0, 0.1) is 23.1 Å². The third kappa shape index (κ3) is 4.04. The molecule has 0 bridgehead atoms. The molecule has 23 heavy (non-hydrogen) atoms. The predicted octanol–water partition coefficient (Wildman–Crippen LogP) is 4.54. The van der Waals surface area contributed by atoms with Gasteiger partial charge in [0.15, 0.2) is 5.76 Å². The van der Waals surface area contributed by atoms with Crippen LogP contribution < -0.4 is 0 Å². The van der Waals surface area contributed by atoms with Crippen LogP contribution in [-0.4, -0.2) is 19.0 Å². The van der Waals surface area contributed by atoms with Gasteiger partial charge >= 0.3 is 0 Å². The molecule has 0 spiro atoms. The number of benzene rings is 1. The average molecular weight is 313 g/mol. The highest BCUT2D eigenvalue weighted by molar-refractivity contribution is 6.01. The molecule has 5 heteroatoms. The van der Waals surface area contributed by atoms with Crippen molar-refractivity contribution in [3.05, 3.63) is 41.0 Å². The molecular formula is C18H20FN3O. The smallest absolute Gasteiger partial charge is 0.161 e. The van der Waals surface area contributed by atoms with E-state index < -0.39 is 5.82 Å². The van der Waals surface area contributed by atoms with Crippen LogP contribution in [0.15, 0.2) is 39.6 Å². The molecule has 1 aromatic carbocycles. The molecular weight excluding hydrogens is 293 g/mol. The lowest BCUT2D eigenvalue weighted by atomic mass is 10.0. The minimum absolute atomic E-state index is 0.176. The molecule has 0 unspecified atom stereocenters. The van der Waals surface area contributed by atoms with Gasteiger partial charge in [0.1, 0.15) is 5.82 Å². The molecule has 1 aromatic rings. The van der Waals surface area contributed by atoms with Gasteiger partial charge in [-0.05, 0) is 43.4 Å². The molecule has 1 aliphatic heterocycles. The Morgan fingerprint density at radius 2 is 2.17 bits per heavy atom. The summed E-state index contributed by atoms with van der Waals surface area (Å²) in [6.45, 7) is 4.07. The van der Waals surface area contributed by atoms with Crippen molar-refractivity contribution in [1.29, 1.82) is 5.26 Å². The lowest BCUT2D eigenvalue weighted by Crippen LogP contribution is -2.12. The summed E-state index contributed by atoms with van der Waals surface area (Å²) >= 11 is 0. The summed E-state index contributed by atoms with van der Waals surface area (Å²) in [5.41, 5.74) is 2.00. The summed E-state index contributed by atoms with van der Waals surface area (Å²) in [5, 5.41) is 8.82. The van der Waals surface area contributed by atoms with Gasteiger partial charge in [0.25, 0.3) is 0 Å². The van der Waals surface area contributed by atoms with E-state index in [1.165, 1.54) is 12.1 Å². The highest BCUT2D eigenvalue weighted by Gasteiger charge is 2.19. The average Bonchev–Trinajstić information content (AvgIpc) is 2.51. The van der Waals surface area contributed by atoms with Crippen molar-refractivity contribution in [3.63, 3.8) is 0 Å². The summed E-state index contributed by atoms with van der Waals surface area (Å²) in [7, 11) is 1.58. The Morgan fingerprint density at radius 1 is 1.39 bits per heavy atom. The highest BCUT2D eigenvalue weighted by atomic mass is 19.1. The van der Waals surface area contributed by atoms with Gasteiger partial charge in [0.2, 0.25) is 0 Å². The Morgan fingerprint density at radius 3 is 2.78 bits per heavy atom. The maximum absolute atomic E-state index is 14.1. The van der Waals surface area contributed by atoms with Gasteiger partial charge in [0.05, 0.1) is 35.8 Å². The fourth-order valence-corrected chi connectivity index (χ4v) is 2.40. The zero-order chi connectivity index (χ0) is 16.8. The van der Waals surface area contributed by atoms with Gasteiger partial charge in [-0.1, -0.05) is 13.8 Å². The van der Waals surface area contributed by atoms with E-state index in [0.717, 1.165) is 18.5 Å². The summed E-state index contributed by atoms with van der Waals surface area (Å²) in [4.78, 5) is 8.94. The third-order valence-electron chi connectivity index (χ3n) is 3.56. The van der Waals surface area contributed by atoms with Gasteiger partial charge in [-0.15, -0.1) is 0 Å². The number of nitriles is 1. The molecule has 0 N–H and O–H groups in total. The number of rotatable bonds is 3. The third-order valence-corrected chi connectivity index (χ3v) is 3.56. The first-order valence-electron chi connectivity index (χ1n) is 7.65. The largest absolute Gasteiger partial charge is 0.493 e. The normalized spacial score (nSPS) is 20.3. The number of halogens is 1. The van der Waals surface area contributed by atoms with Gasteiger partial charge in [0, 0.05) is 6.21 Å². The van der Waals surface area contributed by atoms with Crippen molar-refractivity contribution in [2.45, 2.75) is 33.1 Å². The first kappa shape index (κ1) is 16.9. The quantitative estimate of drug-likeness (QED) is 0.822. The van der Waals surface area contributed by atoms with E-state index in [1.807, 2.05) is 26.1 Å². The van der Waals surface area contributed by atoms with Crippen molar-refractivity contribution in [3.8, 4) is 6.07 Å². The van der Waals surface area contributed by atoms with Crippen molar-refractivity contribution in [2.75, 3.05) is 7.11 Å². The van der Waals surface area contributed by atoms with Crippen molar-refractivity contribution in [2.24, 2.45) is 15.9 Å². The molecule has 120 valence electrons. The molecule has 4 nitrogen and oxygen atoms in total. The van der Waals surface area contributed by atoms with Crippen LogP contribution >= 0.6 is 0 Å². The number of aliphatic imine (C=N–C) groups is 2. The van der Waals surface area contributed by atoms with Crippen LogP contribution in [0.1, 0.15) is 38.7 Å². The second-order valence-corrected chi connectivity index (χ2v) is 5.61. The Hall–Kier alpha value is -2.48. The minimum atomic E-state index is -0.510. The van der Waals surface area contributed by atoms with E-state index in [1.54, 1.807) is 13.2 Å². The lowest BCUT2D eigenvalue weighted by Gasteiger charge is -2.17. The first-order valence-corrected chi connectivity index (χ1v) is 7.65. The predicted molar refractivity (Wildman–Crippen MR) is 89.4 cm³/mol. The molecule has 0 saturated heterocycles. The van der Waals surface area contributed by atoms with Crippen molar-refractivity contribution in [1.82, 2.24) is 0 Å². The molecule has 0 radical (unpaired) electrons. The molecule has 1 heterocycles. The van der Waals surface area contributed by atoms with Gasteiger partial charge < -0.3 is 4.74 Å². The Balaban J connectivity index is 2.53. The van der Waals surface area contributed by atoms with Gasteiger partial charge in [-0.3, -0.25) is 4.99 Å². The van der Waals surface area contributed by atoms with Gasteiger partial charge in [-0.25, -0.2) is 9.38 Å². The van der Waals surface area contributed by atoms with Gasteiger partial charge in [-0.2, -0.15) is 5.26 Å². The van der Waals surface area contributed by atoms with E-state index in [9.17, 15) is 4.39 Å². The summed E-state index contributed by atoms with van der Waals surface area (Å²) in [6, 6.07) is 6.19. The monoisotopic (exact) mass is 313 g/mol. The Kier molecular flexibility index (Phi) is 5.64. The first-order chi connectivity index (χ1) is 11.1. The molecule has 0 aromatic heterocycles. The summed E-state index contributed by atoms with van der Waals surface area (Å²) in [6.07, 6.45) is 4.30. The Labute approximate surface area is 136 Å². The van der Waals surface area contributed by atoms with Crippen LogP contribution in [0.5, 0.6) is 0 Å². The molecule has 0 fully saturated rings. The number of allylic oxidation sites excluding steroid dienone is 2. The minimum Gasteiger partial charge on any atom is -0.493 e. The maximum Gasteiger partial charge on any atom is 0.161 e. The van der Waals surface area contributed by atoms with Crippen LogP contribution in [0.2, 0.25) is 0 Å². The SMILES string of the molecule is CO/C1=C(\C(C)C)N=CCCCC1=Nc1ccc(C#N)cc1F. The van der Waals surface area contributed by atoms with Crippen LogP contribution in [0.25, 0.3) is 0 Å². The number of nitrogens with zero attached hydrogens (tertiary/aromatic N) is 3. The fraction of sp³-hybridized carbons (Fsp3) is 0.389. The molecule has 2 rings (SSSR count). The van der Waals surface area contributed by atoms with Crippen molar-refractivity contribution >= 4 is 17.6 Å². The molecule has 0 saturated carbocycles. The van der Waals surface area contributed by atoms with Crippen LogP contribution in [0.3, 0.4) is 0 Å². The van der Waals surface area contributed by atoms with E-state index in [0.29, 0.717) is 17.9 Å². The van der Waals surface area contributed by atoms with E-state index in [-0.39, 0.29) is 17.2 Å². The number of ether oxygens (including phenoxy) is 1. The van der Waals surface area contributed by atoms with Crippen LogP contribution in [0.4, 0.5) is 10.1 Å². The summed E-state index contributed by atoms with van der Waals surface area (Å²) < 4.78 is 19.6. The second kappa shape index (κ2) is 7.68. The zero-order valence-corrected chi connectivity index (χ0v) is 13.6. The zero-order valence-electron chi connectivity index (χ0n) is 13.6. The standard InChI is InChI=1S/C18H20FN3O/c1-12(2)17-18(23-3)16(6-4-5-9-21-17)22-15-8-7-13(11-20)10-14(15)19/h7-10,12H,4-6H2,1-3H3/b18-17+,21-9?,22-16?. The van der Waals surface area contributed by atoms with E-state index in [2.05, 4.69) is 9.98 Å². The van der Waals surface area contributed by atoms with Crippen LogP contribution in [-0.2, 0) is 4.74 Å². The van der Waals surface area contributed by atoms with E-state index >= 15 is 0 Å². The maximum atomic E-state index is 14.1. The highest BCUT2D eigenvalue weighted by Crippen LogP contribution is 2.26. The van der Waals surface area contributed by atoms with E-state index in [4.69, 9.17) is 10.00 Å². The number of hydrogen-bond donors (Lipinski definition) is 0. The number of hydrogen-bond acceptors (Lipinski definition) is 4. The topological polar surface area (TPSA) is 57.7 Å². The fourth-order valence-electron chi connectivity index (χ4n) is 2.40. The lowest BCUT2D eigenvalue weighted by molar-refractivity contribution is 0.304. The number of methoxy groups -OCH3 is 1. The second-order valence-electron chi connectivity index (χ2n) is 5.61. The molecule has 0 aliphatic carbocycles. The molecule has 0 amide bonds. The van der Waals surface area contributed by atoms with Crippen molar-refractivity contribution < 1.29 is 9.13 Å².